The number of methoxy groups -OCH3 is 1. The highest BCUT2D eigenvalue weighted by Gasteiger charge is 2.15. The normalized spacial score (nSPS) is 10.1. The SMILES string of the molecule is CNc1ccccc1C(=O)Nc1c(C)cc(Br)cc1OC. The van der Waals surface area contributed by atoms with E-state index in [1.807, 2.05) is 37.3 Å². The van der Waals surface area contributed by atoms with Crippen LogP contribution in [0.15, 0.2) is 40.9 Å². The lowest BCUT2D eigenvalue weighted by atomic mass is 10.1. The summed E-state index contributed by atoms with van der Waals surface area (Å²) in [5.41, 5.74) is 2.97. The van der Waals surface area contributed by atoms with Crippen LogP contribution in [0.4, 0.5) is 11.4 Å². The van der Waals surface area contributed by atoms with Gasteiger partial charge in [-0.15, -0.1) is 0 Å². The van der Waals surface area contributed by atoms with Gasteiger partial charge in [0.1, 0.15) is 5.75 Å². The first-order chi connectivity index (χ1) is 10.1. The van der Waals surface area contributed by atoms with E-state index in [0.717, 1.165) is 15.7 Å². The Morgan fingerprint density at radius 1 is 1.24 bits per heavy atom. The van der Waals surface area contributed by atoms with Crippen molar-refractivity contribution in [2.24, 2.45) is 0 Å². The molecule has 2 aromatic carbocycles. The van der Waals surface area contributed by atoms with Gasteiger partial charge in [-0.3, -0.25) is 4.79 Å². The van der Waals surface area contributed by atoms with Gasteiger partial charge in [-0.25, -0.2) is 0 Å². The number of hydrogen-bond acceptors (Lipinski definition) is 3. The Bertz CT molecular complexity index is 671. The van der Waals surface area contributed by atoms with Gasteiger partial charge in [0.15, 0.2) is 0 Å². The molecule has 0 aliphatic rings. The molecule has 0 unspecified atom stereocenters. The third-order valence-electron chi connectivity index (χ3n) is 3.16. The fourth-order valence-corrected chi connectivity index (χ4v) is 2.66. The number of anilines is 2. The molecule has 0 heterocycles. The van der Waals surface area contributed by atoms with Crippen LogP contribution in [-0.2, 0) is 0 Å². The van der Waals surface area contributed by atoms with E-state index in [4.69, 9.17) is 4.74 Å². The second-order valence-electron chi connectivity index (χ2n) is 4.55. The summed E-state index contributed by atoms with van der Waals surface area (Å²) in [7, 11) is 3.37. The van der Waals surface area contributed by atoms with Crippen LogP contribution in [0.25, 0.3) is 0 Å². The molecule has 0 saturated heterocycles. The molecule has 4 nitrogen and oxygen atoms in total. The minimum atomic E-state index is -0.177. The number of halogens is 1. The van der Waals surface area contributed by atoms with Gasteiger partial charge in [-0.05, 0) is 36.8 Å². The predicted molar refractivity (Wildman–Crippen MR) is 89.4 cm³/mol. The lowest BCUT2D eigenvalue weighted by Crippen LogP contribution is -2.15. The molecule has 5 heteroatoms. The quantitative estimate of drug-likeness (QED) is 0.875. The first-order valence-corrected chi connectivity index (χ1v) is 7.28. The Morgan fingerprint density at radius 2 is 1.95 bits per heavy atom. The Labute approximate surface area is 132 Å². The molecule has 0 saturated carbocycles. The van der Waals surface area contributed by atoms with Crippen molar-refractivity contribution in [3.8, 4) is 5.75 Å². The molecule has 1 amide bonds. The molecule has 2 aromatic rings. The Balaban J connectivity index is 2.36. The molecule has 2 rings (SSSR count). The van der Waals surface area contributed by atoms with Crippen LogP contribution in [0.5, 0.6) is 5.75 Å². The van der Waals surface area contributed by atoms with Gasteiger partial charge in [0.05, 0.1) is 18.4 Å². The summed E-state index contributed by atoms with van der Waals surface area (Å²) < 4.78 is 6.25. The molecular weight excluding hydrogens is 332 g/mol. The summed E-state index contributed by atoms with van der Waals surface area (Å²) in [6.07, 6.45) is 0. The van der Waals surface area contributed by atoms with E-state index in [0.29, 0.717) is 17.0 Å². The van der Waals surface area contributed by atoms with E-state index in [1.54, 1.807) is 20.2 Å². The number of amides is 1. The summed E-state index contributed by atoms with van der Waals surface area (Å²) in [6, 6.07) is 11.1. The standard InChI is InChI=1S/C16H17BrN2O2/c1-10-8-11(17)9-14(21-3)15(10)19-16(20)12-6-4-5-7-13(12)18-2/h4-9,18H,1-3H3,(H,19,20). The third kappa shape index (κ3) is 3.36. The van der Waals surface area contributed by atoms with Gasteiger partial charge in [0.2, 0.25) is 0 Å². The maximum Gasteiger partial charge on any atom is 0.257 e. The highest BCUT2D eigenvalue weighted by Crippen LogP contribution is 2.32. The second kappa shape index (κ2) is 6.63. The summed E-state index contributed by atoms with van der Waals surface area (Å²) in [5, 5.41) is 5.94. The average Bonchev–Trinajstić information content (AvgIpc) is 2.49. The zero-order valence-corrected chi connectivity index (χ0v) is 13.7. The van der Waals surface area contributed by atoms with Crippen molar-refractivity contribution >= 4 is 33.2 Å². The van der Waals surface area contributed by atoms with Gasteiger partial charge in [-0.2, -0.15) is 0 Å². The fraction of sp³-hybridized carbons (Fsp3) is 0.188. The lowest BCUT2D eigenvalue weighted by Gasteiger charge is -2.15. The van der Waals surface area contributed by atoms with Crippen molar-refractivity contribution in [2.45, 2.75) is 6.92 Å². The summed E-state index contributed by atoms with van der Waals surface area (Å²) >= 11 is 3.42. The Hall–Kier alpha value is -2.01. The number of ether oxygens (including phenoxy) is 1. The number of hydrogen-bond donors (Lipinski definition) is 2. The third-order valence-corrected chi connectivity index (χ3v) is 3.62. The van der Waals surface area contributed by atoms with E-state index < -0.39 is 0 Å². The number of nitrogens with one attached hydrogen (secondary N) is 2. The number of carbonyl (C=O) groups excluding carboxylic acids is 1. The van der Waals surface area contributed by atoms with Gasteiger partial charge in [-0.1, -0.05) is 28.1 Å². The van der Waals surface area contributed by atoms with Crippen LogP contribution in [-0.4, -0.2) is 20.1 Å². The van der Waals surface area contributed by atoms with E-state index >= 15 is 0 Å². The summed E-state index contributed by atoms with van der Waals surface area (Å²) in [5.74, 6) is 0.445. The molecule has 0 radical (unpaired) electrons. The van der Waals surface area contributed by atoms with Crippen molar-refractivity contribution in [1.82, 2.24) is 0 Å². The first kappa shape index (κ1) is 15.4. The zero-order valence-electron chi connectivity index (χ0n) is 12.2. The molecule has 0 fully saturated rings. The molecule has 2 N–H and O–H groups in total. The van der Waals surface area contributed by atoms with Crippen LogP contribution in [0, 0.1) is 6.92 Å². The lowest BCUT2D eigenvalue weighted by molar-refractivity contribution is 0.102. The molecule has 0 aromatic heterocycles. The summed E-state index contributed by atoms with van der Waals surface area (Å²) in [4.78, 5) is 12.5. The Kier molecular flexibility index (Phi) is 4.85. The minimum Gasteiger partial charge on any atom is -0.495 e. The van der Waals surface area contributed by atoms with E-state index in [-0.39, 0.29) is 5.91 Å². The van der Waals surface area contributed by atoms with Gasteiger partial charge >= 0.3 is 0 Å². The maximum atomic E-state index is 12.5. The van der Waals surface area contributed by atoms with Crippen molar-refractivity contribution in [2.75, 3.05) is 24.8 Å². The molecule has 0 atom stereocenters. The second-order valence-corrected chi connectivity index (χ2v) is 5.47. The molecule has 0 spiro atoms. The highest BCUT2D eigenvalue weighted by atomic mass is 79.9. The van der Waals surface area contributed by atoms with Crippen molar-refractivity contribution < 1.29 is 9.53 Å². The van der Waals surface area contributed by atoms with Crippen LogP contribution in [0.1, 0.15) is 15.9 Å². The monoisotopic (exact) mass is 348 g/mol. The van der Waals surface area contributed by atoms with E-state index in [2.05, 4.69) is 26.6 Å². The molecule has 21 heavy (non-hydrogen) atoms. The highest BCUT2D eigenvalue weighted by molar-refractivity contribution is 9.10. The number of carbonyl (C=O) groups is 1. The largest absolute Gasteiger partial charge is 0.495 e. The van der Waals surface area contributed by atoms with E-state index in [1.165, 1.54) is 0 Å². The number of rotatable bonds is 4. The topological polar surface area (TPSA) is 50.4 Å². The molecular formula is C16H17BrN2O2. The molecule has 110 valence electrons. The van der Waals surface area contributed by atoms with Crippen LogP contribution >= 0.6 is 15.9 Å². The number of aryl methyl sites for hydroxylation is 1. The predicted octanol–water partition coefficient (Wildman–Crippen LogP) is 4.06. The summed E-state index contributed by atoms with van der Waals surface area (Å²) in [6.45, 7) is 1.92. The number of para-hydroxylation sites is 1. The zero-order chi connectivity index (χ0) is 15.4. The van der Waals surface area contributed by atoms with Crippen molar-refractivity contribution in [1.29, 1.82) is 0 Å². The van der Waals surface area contributed by atoms with Gasteiger partial charge in [0.25, 0.3) is 5.91 Å². The maximum absolute atomic E-state index is 12.5. The Morgan fingerprint density at radius 3 is 2.62 bits per heavy atom. The van der Waals surface area contributed by atoms with E-state index in [9.17, 15) is 4.79 Å². The average molecular weight is 349 g/mol. The van der Waals surface area contributed by atoms with Gasteiger partial charge in [0, 0.05) is 17.2 Å². The smallest absolute Gasteiger partial charge is 0.257 e. The first-order valence-electron chi connectivity index (χ1n) is 6.49. The van der Waals surface area contributed by atoms with Crippen LogP contribution < -0.4 is 15.4 Å². The van der Waals surface area contributed by atoms with Crippen molar-refractivity contribution in [3.63, 3.8) is 0 Å². The van der Waals surface area contributed by atoms with Crippen molar-refractivity contribution in [3.05, 3.63) is 52.0 Å². The fourth-order valence-electron chi connectivity index (χ4n) is 2.11. The van der Waals surface area contributed by atoms with Crippen LogP contribution in [0.3, 0.4) is 0 Å². The van der Waals surface area contributed by atoms with Crippen LogP contribution in [0.2, 0.25) is 0 Å². The minimum absolute atomic E-state index is 0.177. The molecule has 0 aliphatic heterocycles. The number of benzene rings is 2. The molecule has 0 bridgehead atoms. The molecule has 0 aliphatic carbocycles. The van der Waals surface area contributed by atoms with Gasteiger partial charge < -0.3 is 15.4 Å².